The number of benzene rings is 1. The quantitative estimate of drug-likeness (QED) is 0.424. The highest BCUT2D eigenvalue weighted by atomic mass is 16.5. The van der Waals surface area contributed by atoms with Crippen molar-refractivity contribution >= 4 is 17.7 Å². The summed E-state index contributed by atoms with van der Waals surface area (Å²) in [5, 5.41) is 15.8. The van der Waals surface area contributed by atoms with Gasteiger partial charge in [-0.05, 0) is 56.2 Å². The molecule has 7 nitrogen and oxygen atoms in total. The SMILES string of the molecule is O=C(O)C(CCCCCCCc1ccc2c(n1)NCCC2)NC(=O)[C@H]1CCOc2ccccc21. The average molecular weight is 466 g/mol. The summed E-state index contributed by atoms with van der Waals surface area (Å²) in [7, 11) is 0. The highest BCUT2D eigenvalue weighted by Crippen LogP contribution is 2.33. The number of rotatable bonds is 11. The van der Waals surface area contributed by atoms with E-state index in [2.05, 4.69) is 22.8 Å². The molecule has 1 aromatic heterocycles. The number of aryl methyl sites for hydroxylation is 2. The highest BCUT2D eigenvalue weighted by molar-refractivity contribution is 5.88. The van der Waals surface area contributed by atoms with Crippen LogP contribution >= 0.6 is 0 Å². The van der Waals surface area contributed by atoms with Crippen LogP contribution in [0.5, 0.6) is 5.75 Å². The molecule has 0 saturated carbocycles. The number of carbonyl (C=O) groups is 2. The fourth-order valence-electron chi connectivity index (χ4n) is 4.84. The number of amides is 1. The Kier molecular flexibility index (Phi) is 8.39. The molecule has 0 saturated heterocycles. The standard InChI is InChI=1S/C27H35N3O4/c31-26(22-16-18-34-24-13-7-6-11-21(22)24)30-23(27(32)33)12-5-3-1-2-4-10-20-15-14-19-9-8-17-28-25(19)29-20/h6-7,11,13-15,22-23H,1-5,8-10,12,16-18H2,(H,28,29)(H,30,31)(H,32,33)/t22-,23?/m0/s1. The van der Waals surface area contributed by atoms with E-state index in [-0.39, 0.29) is 11.8 Å². The van der Waals surface area contributed by atoms with Gasteiger partial charge in [-0.2, -0.15) is 0 Å². The molecule has 1 aromatic carbocycles. The normalized spacial score (nSPS) is 17.5. The third-order valence-corrected chi connectivity index (χ3v) is 6.77. The molecule has 1 amide bonds. The van der Waals surface area contributed by atoms with Gasteiger partial charge < -0.3 is 20.5 Å². The average Bonchev–Trinajstić information content (AvgIpc) is 2.86. The first kappa shape index (κ1) is 24.0. The van der Waals surface area contributed by atoms with Gasteiger partial charge in [-0.25, -0.2) is 9.78 Å². The monoisotopic (exact) mass is 465 g/mol. The van der Waals surface area contributed by atoms with Gasteiger partial charge in [0.25, 0.3) is 0 Å². The van der Waals surface area contributed by atoms with Gasteiger partial charge >= 0.3 is 5.97 Å². The molecule has 0 aliphatic carbocycles. The maximum Gasteiger partial charge on any atom is 0.326 e. The summed E-state index contributed by atoms with van der Waals surface area (Å²) in [6, 6.07) is 11.0. The second-order valence-electron chi connectivity index (χ2n) is 9.27. The minimum absolute atomic E-state index is 0.227. The Bertz CT molecular complexity index is 994. The number of unbranched alkanes of at least 4 members (excludes halogenated alkanes) is 4. The number of carboxylic acids is 1. The van der Waals surface area contributed by atoms with Crippen molar-refractivity contribution in [3.8, 4) is 5.75 Å². The molecule has 0 radical (unpaired) electrons. The smallest absolute Gasteiger partial charge is 0.326 e. The van der Waals surface area contributed by atoms with Crippen LogP contribution in [0.2, 0.25) is 0 Å². The second kappa shape index (κ2) is 11.9. The Morgan fingerprint density at radius 2 is 1.94 bits per heavy atom. The number of nitrogens with zero attached hydrogens (tertiary/aromatic N) is 1. The minimum atomic E-state index is -0.971. The summed E-state index contributed by atoms with van der Waals surface area (Å²) < 4.78 is 5.62. The lowest BCUT2D eigenvalue weighted by atomic mass is 9.92. The Labute approximate surface area is 201 Å². The number of pyridine rings is 1. The van der Waals surface area contributed by atoms with Crippen LogP contribution in [0.25, 0.3) is 0 Å². The predicted octanol–water partition coefficient (Wildman–Crippen LogP) is 4.46. The molecule has 2 aliphatic heterocycles. The van der Waals surface area contributed by atoms with E-state index >= 15 is 0 Å². The third-order valence-electron chi connectivity index (χ3n) is 6.77. The van der Waals surface area contributed by atoms with E-state index in [1.54, 1.807) is 0 Å². The number of carbonyl (C=O) groups excluding carboxylic acids is 1. The molecule has 7 heteroatoms. The third kappa shape index (κ3) is 6.27. The lowest BCUT2D eigenvalue weighted by Crippen LogP contribution is -2.43. The number of para-hydroxylation sites is 1. The van der Waals surface area contributed by atoms with Gasteiger partial charge in [0.15, 0.2) is 0 Å². The summed E-state index contributed by atoms with van der Waals surface area (Å²) in [6.45, 7) is 1.47. The molecule has 0 fully saturated rings. The fourth-order valence-corrected chi connectivity index (χ4v) is 4.84. The summed E-state index contributed by atoms with van der Waals surface area (Å²) in [4.78, 5) is 29.3. The molecule has 2 aromatic rings. The lowest BCUT2D eigenvalue weighted by molar-refractivity contribution is -0.142. The summed E-state index contributed by atoms with van der Waals surface area (Å²) >= 11 is 0. The molecule has 2 atom stereocenters. The number of aliphatic carboxylic acids is 1. The van der Waals surface area contributed by atoms with Gasteiger partial charge in [-0.1, -0.05) is 49.9 Å². The van der Waals surface area contributed by atoms with Crippen molar-refractivity contribution in [2.24, 2.45) is 0 Å². The van der Waals surface area contributed by atoms with Gasteiger partial charge in [0, 0.05) is 17.8 Å². The van der Waals surface area contributed by atoms with Crippen LogP contribution in [-0.2, 0) is 22.4 Å². The number of fused-ring (bicyclic) bond motifs is 2. The molecule has 1 unspecified atom stereocenters. The number of carboxylic acid groups (broad SMARTS) is 1. The maximum atomic E-state index is 12.8. The van der Waals surface area contributed by atoms with Crippen molar-refractivity contribution in [3.63, 3.8) is 0 Å². The number of hydrogen-bond acceptors (Lipinski definition) is 5. The number of aromatic nitrogens is 1. The van der Waals surface area contributed by atoms with Gasteiger partial charge in [0.2, 0.25) is 5.91 Å². The number of anilines is 1. The molecular weight excluding hydrogens is 430 g/mol. The van der Waals surface area contributed by atoms with Crippen LogP contribution in [0.15, 0.2) is 36.4 Å². The molecule has 34 heavy (non-hydrogen) atoms. The van der Waals surface area contributed by atoms with Crippen molar-refractivity contribution in [2.45, 2.75) is 76.2 Å². The zero-order chi connectivity index (χ0) is 23.8. The largest absolute Gasteiger partial charge is 0.493 e. The first-order valence-electron chi connectivity index (χ1n) is 12.6. The topological polar surface area (TPSA) is 101 Å². The molecule has 182 valence electrons. The Morgan fingerprint density at radius 1 is 1.12 bits per heavy atom. The van der Waals surface area contributed by atoms with Crippen LogP contribution in [0.3, 0.4) is 0 Å². The van der Waals surface area contributed by atoms with Crippen LogP contribution in [0, 0.1) is 0 Å². The zero-order valence-corrected chi connectivity index (χ0v) is 19.7. The first-order chi connectivity index (χ1) is 16.6. The number of hydrogen-bond donors (Lipinski definition) is 3. The van der Waals surface area contributed by atoms with Gasteiger partial charge in [0.1, 0.15) is 17.6 Å². The van der Waals surface area contributed by atoms with Crippen molar-refractivity contribution in [1.82, 2.24) is 10.3 Å². The van der Waals surface area contributed by atoms with Crippen molar-refractivity contribution < 1.29 is 19.4 Å². The van der Waals surface area contributed by atoms with Gasteiger partial charge in [-0.15, -0.1) is 0 Å². The summed E-state index contributed by atoms with van der Waals surface area (Å²) in [5.41, 5.74) is 3.28. The van der Waals surface area contributed by atoms with Crippen molar-refractivity contribution in [2.75, 3.05) is 18.5 Å². The molecule has 3 N–H and O–H groups in total. The maximum absolute atomic E-state index is 12.8. The molecule has 0 bridgehead atoms. The van der Waals surface area contributed by atoms with E-state index in [0.717, 1.165) is 68.6 Å². The van der Waals surface area contributed by atoms with E-state index in [1.807, 2.05) is 24.3 Å². The molecular formula is C27H35N3O4. The summed E-state index contributed by atoms with van der Waals surface area (Å²) in [5.74, 6) is 0.201. The van der Waals surface area contributed by atoms with Gasteiger partial charge in [-0.3, -0.25) is 4.79 Å². The van der Waals surface area contributed by atoms with Crippen molar-refractivity contribution in [1.29, 1.82) is 0 Å². The van der Waals surface area contributed by atoms with E-state index in [0.29, 0.717) is 25.2 Å². The lowest BCUT2D eigenvalue weighted by Gasteiger charge is -2.26. The van der Waals surface area contributed by atoms with E-state index < -0.39 is 12.0 Å². The zero-order valence-electron chi connectivity index (χ0n) is 19.7. The van der Waals surface area contributed by atoms with E-state index in [9.17, 15) is 14.7 Å². The van der Waals surface area contributed by atoms with Crippen molar-refractivity contribution in [3.05, 3.63) is 53.2 Å². The fraction of sp³-hybridized carbons (Fsp3) is 0.519. The second-order valence-corrected chi connectivity index (χ2v) is 9.27. The number of nitrogens with one attached hydrogen (secondary N) is 2. The van der Waals surface area contributed by atoms with Gasteiger partial charge in [0.05, 0.1) is 12.5 Å². The molecule has 0 spiro atoms. The summed E-state index contributed by atoms with van der Waals surface area (Å²) in [6.07, 6.45) is 9.21. The molecule has 4 rings (SSSR count). The number of ether oxygens (including phenoxy) is 1. The van der Waals surface area contributed by atoms with Crippen LogP contribution in [0.1, 0.15) is 74.1 Å². The molecule has 2 aliphatic rings. The minimum Gasteiger partial charge on any atom is -0.493 e. The van der Waals surface area contributed by atoms with Crippen LogP contribution < -0.4 is 15.4 Å². The Morgan fingerprint density at radius 3 is 2.82 bits per heavy atom. The predicted molar refractivity (Wildman–Crippen MR) is 131 cm³/mol. The Hall–Kier alpha value is -3.09. The van der Waals surface area contributed by atoms with Crippen LogP contribution in [0.4, 0.5) is 5.82 Å². The Balaban J connectivity index is 1.15. The van der Waals surface area contributed by atoms with Crippen LogP contribution in [-0.4, -0.2) is 41.2 Å². The highest BCUT2D eigenvalue weighted by Gasteiger charge is 2.30. The van der Waals surface area contributed by atoms with E-state index in [1.165, 1.54) is 12.0 Å². The first-order valence-corrected chi connectivity index (χ1v) is 12.6. The molecule has 3 heterocycles. The van der Waals surface area contributed by atoms with E-state index in [4.69, 9.17) is 9.72 Å².